The highest BCUT2D eigenvalue weighted by molar-refractivity contribution is 5.81. The Morgan fingerprint density at radius 3 is 2.86 bits per heavy atom. The SMILES string of the molecule is CC(CN1CCOC2CCCC21)(C(=O)O)c1ccccc1. The quantitative estimate of drug-likeness (QED) is 0.924. The smallest absolute Gasteiger partial charge is 0.315 e. The fourth-order valence-corrected chi connectivity index (χ4v) is 3.70. The summed E-state index contributed by atoms with van der Waals surface area (Å²) in [6, 6.07) is 9.97. The Labute approximate surface area is 125 Å². The molecule has 4 nitrogen and oxygen atoms in total. The average molecular weight is 289 g/mol. The molecule has 3 atom stereocenters. The summed E-state index contributed by atoms with van der Waals surface area (Å²) in [6.07, 6.45) is 3.71. The minimum atomic E-state index is -0.869. The molecule has 0 aromatic heterocycles. The van der Waals surface area contributed by atoms with Crippen molar-refractivity contribution in [2.75, 3.05) is 19.7 Å². The first-order valence-corrected chi connectivity index (χ1v) is 7.76. The molecule has 1 aliphatic carbocycles. The molecule has 3 rings (SSSR count). The minimum Gasteiger partial charge on any atom is -0.481 e. The van der Waals surface area contributed by atoms with Gasteiger partial charge in [-0.3, -0.25) is 9.69 Å². The second-order valence-electron chi connectivity index (χ2n) is 6.38. The molecular weight excluding hydrogens is 266 g/mol. The number of morpholine rings is 1. The Morgan fingerprint density at radius 2 is 2.14 bits per heavy atom. The van der Waals surface area contributed by atoms with Crippen LogP contribution >= 0.6 is 0 Å². The average Bonchev–Trinajstić information content (AvgIpc) is 2.97. The van der Waals surface area contributed by atoms with Crippen LogP contribution in [0.15, 0.2) is 30.3 Å². The molecule has 1 aliphatic heterocycles. The van der Waals surface area contributed by atoms with Gasteiger partial charge in [0.2, 0.25) is 0 Å². The molecule has 0 amide bonds. The Kier molecular flexibility index (Phi) is 4.00. The third-order valence-electron chi connectivity index (χ3n) is 5.00. The second-order valence-corrected chi connectivity index (χ2v) is 6.38. The normalized spacial score (nSPS) is 28.8. The van der Waals surface area contributed by atoms with Crippen molar-refractivity contribution in [1.29, 1.82) is 0 Å². The molecule has 3 unspecified atom stereocenters. The third-order valence-corrected chi connectivity index (χ3v) is 5.00. The number of hydrogen-bond acceptors (Lipinski definition) is 3. The number of aliphatic carboxylic acids is 1. The summed E-state index contributed by atoms with van der Waals surface area (Å²) in [5.41, 5.74) is 0.00434. The summed E-state index contributed by atoms with van der Waals surface area (Å²) < 4.78 is 5.82. The van der Waals surface area contributed by atoms with E-state index in [-0.39, 0.29) is 0 Å². The molecule has 1 saturated carbocycles. The van der Waals surface area contributed by atoms with Gasteiger partial charge in [0.25, 0.3) is 0 Å². The van der Waals surface area contributed by atoms with E-state index < -0.39 is 11.4 Å². The molecule has 114 valence electrons. The molecule has 1 aromatic rings. The number of benzene rings is 1. The van der Waals surface area contributed by atoms with Gasteiger partial charge in [0.1, 0.15) is 5.41 Å². The van der Waals surface area contributed by atoms with Crippen molar-refractivity contribution >= 4 is 5.97 Å². The first kappa shape index (κ1) is 14.5. The maximum absolute atomic E-state index is 11.9. The topological polar surface area (TPSA) is 49.8 Å². The number of rotatable bonds is 4. The van der Waals surface area contributed by atoms with E-state index in [2.05, 4.69) is 4.90 Å². The molecule has 0 radical (unpaired) electrons. The van der Waals surface area contributed by atoms with E-state index in [0.29, 0.717) is 25.3 Å². The number of carboxylic acids is 1. The predicted molar refractivity (Wildman–Crippen MR) is 80.4 cm³/mol. The van der Waals surface area contributed by atoms with Gasteiger partial charge in [-0.05, 0) is 31.7 Å². The molecule has 2 fully saturated rings. The van der Waals surface area contributed by atoms with Gasteiger partial charge in [-0.1, -0.05) is 30.3 Å². The first-order valence-electron chi connectivity index (χ1n) is 7.76. The van der Waals surface area contributed by atoms with Crippen LogP contribution in [0.1, 0.15) is 31.7 Å². The standard InChI is InChI=1S/C17H23NO3/c1-17(16(19)20,13-6-3-2-4-7-13)12-18-10-11-21-15-9-5-8-14(15)18/h2-4,6-7,14-15H,5,8-12H2,1H3,(H,19,20). The van der Waals surface area contributed by atoms with Crippen LogP contribution in [0.4, 0.5) is 0 Å². The van der Waals surface area contributed by atoms with Crippen molar-refractivity contribution in [3.05, 3.63) is 35.9 Å². The zero-order chi connectivity index (χ0) is 14.9. The summed E-state index contributed by atoms with van der Waals surface area (Å²) >= 11 is 0. The van der Waals surface area contributed by atoms with Gasteiger partial charge >= 0.3 is 5.97 Å². The van der Waals surface area contributed by atoms with Crippen LogP contribution in [0.25, 0.3) is 0 Å². The molecule has 2 aliphatic rings. The van der Waals surface area contributed by atoms with Gasteiger partial charge in [0, 0.05) is 19.1 Å². The van der Waals surface area contributed by atoms with Crippen LogP contribution in [-0.4, -0.2) is 47.8 Å². The van der Waals surface area contributed by atoms with Crippen LogP contribution in [0, 0.1) is 0 Å². The summed E-state index contributed by atoms with van der Waals surface area (Å²) in [5, 5.41) is 9.80. The van der Waals surface area contributed by atoms with Crippen LogP contribution in [-0.2, 0) is 14.9 Å². The Hall–Kier alpha value is -1.39. The maximum Gasteiger partial charge on any atom is 0.315 e. The lowest BCUT2D eigenvalue weighted by molar-refractivity contribution is -0.145. The molecule has 1 N–H and O–H groups in total. The van der Waals surface area contributed by atoms with E-state index in [1.54, 1.807) is 0 Å². The van der Waals surface area contributed by atoms with E-state index in [9.17, 15) is 9.90 Å². The lowest BCUT2D eigenvalue weighted by Gasteiger charge is -2.41. The number of carboxylic acid groups (broad SMARTS) is 1. The van der Waals surface area contributed by atoms with Crippen LogP contribution in [0.2, 0.25) is 0 Å². The van der Waals surface area contributed by atoms with Gasteiger partial charge in [-0.25, -0.2) is 0 Å². The lowest BCUT2D eigenvalue weighted by atomic mass is 9.81. The molecular formula is C17H23NO3. The van der Waals surface area contributed by atoms with Gasteiger partial charge in [-0.2, -0.15) is 0 Å². The highest BCUT2D eigenvalue weighted by Crippen LogP contribution is 2.33. The van der Waals surface area contributed by atoms with E-state index in [1.165, 1.54) is 6.42 Å². The van der Waals surface area contributed by atoms with Crippen molar-refractivity contribution in [2.24, 2.45) is 0 Å². The van der Waals surface area contributed by atoms with Crippen LogP contribution in [0.5, 0.6) is 0 Å². The van der Waals surface area contributed by atoms with Crippen molar-refractivity contribution in [3.8, 4) is 0 Å². The summed E-state index contributed by atoms with van der Waals surface area (Å²) in [7, 11) is 0. The van der Waals surface area contributed by atoms with E-state index in [1.807, 2.05) is 37.3 Å². The minimum absolute atomic E-state index is 0.299. The molecule has 21 heavy (non-hydrogen) atoms. The van der Waals surface area contributed by atoms with Crippen molar-refractivity contribution in [3.63, 3.8) is 0 Å². The number of ether oxygens (including phenoxy) is 1. The van der Waals surface area contributed by atoms with Crippen LogP contribution < -0.4 is 0 Å². The van der Waals surface area contributed by atoms with Gasteiger partial charge in [0.05, 0.1) is 12.7 Å². The fourth-order valence-electron chi connectivity index (χ4n) is 3.70. The van der Waals surface area contributed by atoms with E-state index in [4.69, 9.17) is 4.74 Å². The second kappa shape index (κ2) is 5.78. The number of nitrogens with zero attached hydrogens (tertiary/aromatic N) is 1. The fraction of sp³-hybridized carbons (Fsp3) is 0.588. The monoisotopic (exact) mass is 289 g/mol. The summed E-state index contributed by atoms with van der Waals surface area (Å²) in [5.74, 6) is -0.755. The maximum atomic E-state index is 11.9. The third kappa shape index (κ3) is 2.70. The Bertz CT molecular complexity index is 504. The van der Waals surface area contributed by atoms with Gasteiger partial charge < -0.3 is 9.84 Å². The molecule has 0 spiro atoms. The highest BCUT2D eigenvalue weighted by Gasteiger charge is 2.43. The molecule has 4 heteroatoms. The zero-order valence-electron chi connectivity index (χ0n) is 12.5. The largest absolute Gasteiger partial charge is 0.481 e. The number of carbonyl (C=O) groups is 1. The van der Waals surface area contributed by atoms with Crippen molar-refractivity contribution in [1.82, 2.24) is 4.90 Å². The number of fused-ring (bicyclic) bond motifs is 1. The molecule has 1 saturated heterocycles. The van der Waals surface area contributed by atoms with Crippen LogP contribution in [0.3, 0.4) is 0 Å². The van der Waals surface area contributed by atoms with E-state index in [0.717, 1.165) is 24.9 Å². The molecule has 1 aromatic carbocycles. The number of hydrogen-bond donors (Lipinski definition) is 1. The van der Waals surface area contributed by atoms with Gasteiger partial charge in [-0.15, -0.1) is 0 Å². The zero-order valence-corrected chi connectivity index (χ0v) is 12.5. The predicted octanol–water partition coefficient (Wildman–Crippen LogP) is 2.28. The Balaban J connectivity index is 1.84. The van der Waals surface area contributed by atoms with Gasteiger partial charge in [0.15, 0.2) is 0 Å². The molecule has 1 heterocycles. The summed E-state index contributed by atoms with van der Waals surface area (Å²) in [6.45, 7) is 3.93. The highest BCUT2D eigenvalue weighted by atomic mass is 16.5. The molecule has 0 bridgehead atoms. The van der Waals surface area contributed by atoms with E-state index >= 15 is 0 Å². The Morgan fingerprint density at radius 1 is 1.38 bits per heavy atom. The van der Waals surface area contributed by atoms with Crippen molar-refractivity contribution in [2.45, 2.75) is 43.7 Å². The van der Waals surface area contributed by atoms with Crippen molar-refractivity contribution < 1.29 is 14.6 Å². The first-order chi connectivity index (χ1) is 10.1. The summed E-state index contributed by atoms with van der Waals surface area (Å²) in [4.78, 5) is 14.3. The lowest BCUT2D eigenvalue weighted by Crippen LogP contribution is -2.54.